The highest BCUT2D eigenvalue weighted by Crippen LogP contribution is 2.26. The number of nitrogens with one attached hydrogen (secondary N) is 1. The minimum absolute atomic E-state index is 0. The molecule has 108 valence electrons. The van der Waals surface area contributed by atoms with Crippen LogP contribution in [0.15, 0.2) is 0 Å². The van der Waals surface area contributed by atoms with Crippen molar-refractivity contribution in [1.82, 2.24) is 5.32 Å². The van der Waals surface area contributed by atoms with Crippen molar-refractivity contribution in [2.45, 2.75) is 64.8 Å². The number of amides is 1. The third-order valence-electron chi connectivity index (χ3n) is 4.02. The summed E-state index contributed by atoms with van der Waals surface area (Å²) in [5.41, 5.74) is 5.70. The standard InChI is InChI=1S/C14H28N2O.ClH/c1-11(12(2)15)14(17)16-10-6-9-13-7-4-3-5-8-13;/h11-13H,3-10,15H2,1-2H3,(H,16,17);1H. The van der Waals surface area contributed by atoms with Gasteiger partial charge in [-0.1, -0.05) is 39.0 Å². The van der Waals surface area contributed by atoms with Crippen molar-refractivity contribution >= 4 is 18.3 Å². The SMILES string of the molecule is CC(N)C(C)C(=O)NCCCC1CCCCC1.Cl. The third kappa shape index (κ3) is 6.60. The molecule has 1 fully saturated rings. The van der Waals surface area contributed by atoms with Gasteiger partial charge in [0.15, 0.2) is 0 Å². The average Bonchev–Trinajstić information content (AvgIpc) is 2.34. The molecule has 1 amide bonds. The van der Waals surface area contributed by atoms with Crippen molar-refractivity contribution in [3.8, 4) is 0 Å². The van der Waals surface area contributed by atoms with Crippen LogP contribution in [-0.2, 0) is 4.79 Å². The Labute approximate surface area is 118 Å². The zero-order valence-electron chi connectivity index (χ0n) is 11.8. The van der Waals surface area contributed by atoms with Crippen molar-refractivity contribution in [3.05, 3.63) is 0 Å². The van der Waals surface area contributed by atoms with E-state index in [1.54, 1.807) is 0 Å². The normalized spacial score (nSPS) is 19.7. The minimum Gasteiger partial charge on any atom is -0.356 e. The predicted molar refractivity (Wildman–Crippen MR) is 78.9 cm³/mol. The number of hydrogen-bond donors (Lipinski definition) is 2. The summed E-state index contributed by atoms with van der Waals surface area (Å²) in [6.45, 7) is 4.58. The molecule has 0 aromatic rings. The molecular weight excluding hydrogens is 248 g/mol. The second-order valence-electron chi connectivity index (χ2n) is 5.59. The van der Waals surface area contributed by atoms with Crippen LogP contribution in [0.2, 0.25) is 0 Å². The Morgan fingerprint density at radius 3 is 2.44 bits per heavy atom. The Balaban J connectivity index is 0.00000289. The molecule has 3 nitrogen and oxygen atoms in total. The van der Waals surface area contributed by atoms with Crippen molar-refractivity contribution in [2.75, 3.05) is 6.54 Å². The van der Waals surface area contributed by atoms with Crippen LogP contribution >= 0.6 is 12.4 Å². The summed E-state index contributed by atoms with van der Waals surface area (Å²) in [7, 11) is 0. The van der Waals surface area contributed by atoms with E-state index >= 15 is 0 Å². The van der Waals surface area contributed by atoms with Gasteiger partial charge in [0.2, 0.25) is 5.91 Å². The fraction of sp³-hybridized carbons (Fsp3) is 0.929. The number of halogens is 1. The van der Waals surface area contributed by atoms with E-state index in [4.69, 9.17) is 5.73 Å². The van der Waals surface area contributed by atoms with E-state index in [1.165, 1.54) is 38.5 Å². The van der Waals surface area contributed by atoms with E-state index in [2.05, 4.69) is 5.32 Å². The van der Waals surface area contributed by atoms with Gasteiger partial charge in [0.1, 0.15) is 0 Å². The molecule has 0 aromatic carbocycles. The fourth-order valence-corrected chi connectivity index (χ4v) is 2.48. The molecule has 1 rings (SSSR count). The highest BCUT2D eigenvalue weighted by molar-refractivity contribution is 5.85. The lowest BCUT2D eigenvalue weighted by atomic mass is 9.86. The number of carbonyl (C=O) groups is 1. The van der Waals surface area contributed by atoms with Crippen LogP contribution in [0.3, 0.4) is 0 Å². The van der Waals surface area contributed by atoms with Gasteiger partial charge in [-0.3, -0.25) is 4.79 Å². The van der Waals surface area contributed by atoms with Gasteiger partial charge in [-0.05, 0) is 25.7 Å². The zero-order chi connectivity index (χ0) is 12.7. The fourth-order valence-electron chi connectivity index (χ4n) is 2.48. The molecule has 0 aromatic heterocycles. The lowest BCUT2D eigenvalue weighted by molar-refractivity contribution is -0.124. The molecule has 3 N–H and O–H groups in total. The first kappa shape index (κ1) is 17.7. The maximum absolute atomic E-state index is 11.6. The summed E-state index contributed by atoms with van der Waals surface area (Å²) >= 11 is 0. The van der Waals surface area contributed by atoms with Gasteiger partial charge in [-0.2, -0.15) is 0 Å². The van der Waals surface area contributed by atoms with Gasteiger partial charge in [0.25, 0.3) is 0 Å². The molecular formula is C14H29ClN2O. The molecule has 1 saturated carbocycles. The highest BCUT2D eigenvalue weighted by Gasteiger charge is 2.17. The number of carbonyl (C=O) groups excluding carboxylic acids is 1. The quantitative estimate of drug-likeness (QED) is 0.733. The van der Waals surface area contributed by atoms with Gasteiger partial charge < -0.3 is 11.1 Å². The van der Waals surface area contributed by atoms with Crippen LogP contribution in [0.4, 0.5) is 0 Å². The number of nitrogens with two attached hydrogens (primary N) is 1. The second-order valence-corrected chi connectivity index (χ2v) is 5.59. The van der Waals surface area contributed by atoms with Gasteiger partial charge in [0, 0.05) is 18.5 Å². The van der Waals surface area contributed by atoms with E-state index in [0.717, 1.165) is 18.9 Å². The van der Waals surface area contributed by atoms with Crippen LogP contribution in [0.25, 0.3) is 0 Å². The van der Waals surface area contributed by atoms with Gasteiger partial charge in [0.05, 0.1) is 0 Å². The smallest absolute Gasteiger partial charge is 0.224 e. The summed E-state index contributed by atoms with van der Waals surface area (Å²) < 4.78 is 0. The zero-order valence-corrected chi connectivity index (χ0v) is 12.6. The first-order valence-corrected chi connectivity index (χ1v) is 7.14. The van der Waals surface area contributed by atoms with Crippen LogP contribution < -0.4 is 11.1 Å². The molecule has 0 saturated heterocycles. The van der Waals surface area contributed by atoms with Gasteiger partial charge in [-0.15, -0.1) is 12.4 Å². The molecule has 2 unspecified atom stereocenters. The predicted octanol–water partition coefficient (Wildman–Crippen LogP) is 2.87. The molecule has 0 aliphatic heterocycles. The van der Waals surface area contributed by atoms with E-state index < -0.39 is 0 Å². The Hall–Kier alpha value is -0.280. The molecule has 1 aliphatic rings. The second kappa shape index (κ2) is 9.62. The summed E-state index contributed by atoms with van der Waals surface area (Å²) in [5.74, 6) is 0.930. The summed E-state index contributed by atoms with van der Waals surface area (Å²) in [6, 6.07) is -0.0617. The molecule has 0 spiro atoms. The molecule has 1 aliphatic carbocycles. The number of hydrogen-bond acceptors (Lipinski definition) is 2. The molecule has 0 bridgehead atoms. The lowest BCUT2D eigenvalue weighted by Gasteiger charge is -2.21. The summed E-state index contributed by atoms with van der Waals surface area (Å²) in [4.78, 5) is 11.6. The Kier molecular flexibility index (Phi) is 9.47. The van der Waals surface area contributed by atoms with E-state index in [9.17, 15) is 4.79 Å². The maximum atomic E-state index is 11.6. The van der Waals surface area contributed by atoms with Crippen LogP contribution in [0, 0.1) is 11.8 Å². The lowest BCUT2D eigenvalue weighted by Crippen LogP contribution is -2.39. The Morgan fingerprint density at radius 2 is 1.89 bits per heavy atom. The highest BCUT2D eigenvalue weighted by atomic mass is 35.5. The average molecular weight is 277 g/mol. The minimum atomic E-state index is -0.0790. The van der Waals surface area contributed by atoms with Crippen molar-refractivity contribution in [1.29, 1.82) is 0 Å². The molecule has 18 heavy (non-hydrogen) atoms. The first-order chi connectivity index (χ1) is 8.11. The maximum Gasteiger partial charge on any atom is 0.224 e. The van der Waals surface area contributed by atoms with E-state index in [0.29, 0.717) is 0 Å². The third-order valence-corrected chi connectivity index (χ3v) is 4.02. The summed E-state index contributed by atoms with van der Waals surface area (Å²) in [5, 5.41) is 2.98. The van der Waals surface area contributed by atoms with E-state index in [-0.39, 0.29) is 30.3 Å². The largest absolute Gasteiger partial charge is 0.356 e. The van der Waals surface area contributed by atoms with Crippen molar-refractivity contribution in [3.63, 3.8) is 0 Å². The molecule has 2 atom stereocenters. The van der Waals surface area contributed by atoms with Crippen molar-refractivity contribution in [2.24, 2.45) is 17.6 Å². The Bertz CT molecular complexity index is 228. The van der Waals surface area contributed by atoms with Crippen molar-refractivity contribution < 1.29 is 4.79 Å². The monoisotopic (exact) mass is 276 g/mol. The molecule has 0 radical (unpaired) electrons. The first-order valence-electron chi connectivity index (χ1n) is 7.14. The van der Waals surface area contributed by atoms with Crippen LogP contribution in [-0.4, -0.2) is 18.5 Å². The number of rotatable bonds is 6. The van der Waals surface area contributed by atoms with Gasteiger partial charge >= 0.3 is 0 Å². The Morgan fingerprint density at radius 1 is 1.28 bits per heavy atom. The summed E-state index contributed by atoms with van der Waals surface area (Å²) in [6.07, 6.45) is 9.39. The topological polar surface area (TPSA) is 55.1 Å². The van der Waals surface area contributed by atoms with Gasteiger partial charge in [-0.25, -0.2) is 0 Å². The molecule has 4 heteroatoms. The van der Waals surface area contributed by atoms with E-state index in [1.807, 2.05) is 13.8 Å². The molecule has 0 heterocycles. The van der Waals surface area contributed by atoms with Crippen LogP contribution in [0.5, 0.6) is 0 Å². The van der Waals surface area contributed by atoms with Crippen LogP contribution in [0.1, 0.15) is 58.8 Å².